The molecule has 2 fully saturated rings. The number of aryl methyl sites for hydroxylation is 1. The van der Waals surface area contributed by atoms with Gasteiger partial charge in [-0.3, -0.25) is 19.5 Å². The molecule has 0 radical (unpaired) electrons. The summed E-state index contributed by atoms with van der Waals surface area (Å²) in [7, 11) is 3.31. The van der Waals surface area contributed by atoms with Crippen LogP contribution in [0, 0.1) is 12.7 Å². The zero-order valence-corrected chi connectivity index (χ0v) is 21.1. The van der Waals surface area contributed by atoms with Crippen molar-refractivity contribution in [1.29, 1.82) is 0 Å². The molecule has 0 spiro atoms. The number of rotatable bonds is 8. The first-order valence-electron chi connectivity index (χ1n) is 12.4. The van der Waals surface area contributed by atoms with Crippen LogP contribution in [0.4, 0.5) is 4.39 Å². The van der Waals surface area contributed by atoms with E-state index in [2.05, 4.69) is 27.7 Å². The Labute approximate surface area is 208 Å². The minimum Gasteiger partial charge on any atom is -0.493 e. The largest absolute Gasteiger partial charge is 0.493 e. The molecular formula is C27H37FN4O3. The first-order valence-corrected chi connectivity index (χ1v) is 12.4. The Balaban J connectivity index is 1.20. The van der Waals surface area contributed by atoms with E-state index in [9.17, 15) is 9.18 Å². The van der Waals surface area contributed by atoms with E-state index in [1.807, 2.05) is 23.1 Å². The van der Waals surface area contributed by atoms with Crippen molar-refractivity contribution in [2.75, 3.05) is 73.1 Å². The average Bonchev–Trinajstić information content (AvgIpc) is 2.88. The van der Waals surface area contributed by atoms with Crippen LogP contribution >= 0.6 is 0 Å². The molecule has 0 atom stereocenters. The number of ether oxygens (including phenoxy) is 2. The third-order valence-corrected chi connectivity index (χ3v) is 7.14. The molecule has 2 aliphatic heterocycles. The van der Waals surface area contributed by atoms with Gasteiger partial charge in [0.15, 0.2) is 11.5 Å². The second kappa shape index (κ2) is 11.8. The monoisotopic (exact) mass is 484 g/mol. The van der Waals surface area contributed by atoms with Gasteiger partial charge >= 0.3 is 0 Å². The molecule has 35 heavy (non-hydrogen) atoms. The average molecular weight is 485 g/mol. The molecule has 1 amide bonds. The van der Waals surface area contributed by atoms with Gasteiger partial charge in [0.2, 0.25) is 5.91 Å². The van der Waals surface area contributed by atoms with Gasteiger partial charge in [-0.05, 0) is 36.2 Å². The van der Waals surface area contributed by atoms with Crippen LogP contribution in [0.5, 0.6) is 11.5 Å². The summed E-state index contributed by atoms with van der Waals surface area (Å²) in [4.78, 5) is 21.8. The SMILES string of the molecule is COc1cc(C)c(CN2CCN(C(=O)CN3CCN(Cc4ccccc4F)CC3)CC2)cc1OC. The minimum atomic E-state index is -0.148. The Morgan fingerprint density at radius 1 is 0.800 bits per heavy atom. The van der Waals surface area contributed by atoms with Crippen LogP contribution in [0.2, 0.25) is 0 Å². The number of methoxy groups -OCH3 is 2. The highest BCUT2D eigenvalue weighted by atomic mass is 19.1. The maximum atomic E-state index is 13.9. The Bertz CT molecular complexity index is 1000. The van der Waals surface area contributed by atoms with E-state index < -0.39 is 0 Å². The molecule has 0 saturated carbocycles. The molecule has 0 bridgehead atoms. The number of carbonyl (C=O) groups excluding carboxylic acids is 1. The number of halogens is 1. The quantitative estimate of drug-likeness (QED) is 0.574. The number of carbonyl (C=O) groups is 1. The molecule has 2 heterocycles. The van der Waals surface area contributed by atoms with E-state index in [1.54, 1.807) is 20.3 Å². The Morgan fingerprint density at radius 2 is 1.34 bits per heavy atom. The van der Waals surface area contributed by atoms with E-state index in [-0.39, 0.29) is 11.7 Å². The van der Waals surface area contributed by atoms with Crippen molar-refractivity contribution in [3.8, 4) is 11.5 Å². The smallest absolute Gasteiger partial charge is 0.236 e. The molecular weight excluding hydrogens is 447 g/mol. The lowest BCUT2D eigenvalue weighted by Gasteiger charge is -2.38. The summed E-state index contributed by atoms with van der Waals surface area (Å²) in [6, 6.07) is 11.0. The summed E-state index contributed by atoms with van der Waals surface area (Å²) in [5.74, 6) is 1.55. The zero-order chi connectivity index (χ0) is 24.8. The highest BCUT2D eigenvalue weighted by molar-refractivity contribution is 5.78. The van der Waals surface area contributed by atoms with Crippen LogP contribution in [0.3, 0.4) is 0 Å². The zero-order valence-electron chi connectivity index (χ0n) is 21.1. The van der Waals surface area contributed by atoms with E-state index in [0.29, 0.717) is 13.1 Å². The van der Waals surface area contributed by atoms with Gasteiger partial charge in [-0.1, -0.05) is 18.2 Å². The predicted molar refractivity (Wildman–Crippen MR) is 134 cm³/mol. The Hall–Kier alpha value is -2.68. The van der Waals surface area contributed by atoms with Crippen LogP contribution < -0.4 is 9.47 Å². The number of nitrogens with zero attached hydrogens (tertiary/aromatic N) is 4. The van der Waals surface area contributed by atoms with Crippen molar-refractivity contribution in [3.63, 3.8) is 0 Å². The summed E-state index contributed by atoms with van der Waals surface area (Å²) < 4.78 is 24.8. The number of hydrogen-bond acceptors (Lipinski definition) is 6. The molecule has 7 nitrogen and oxygen atoms in total. The lowest BCUT2D eigenvalue weighted by Crippen LogP contribution is -2.53. The molecule has 2 aliphatic rings. The fourth-order valence-electron chi connectivity index (χ4n) is 4.85. The van der Waals surface area contributed by atoms with Crippen molar-refractivity contribution in [1.82, 2.24) is 19.6 Å². The third-order valence-electron chi connectivity index (χ3n) is 7.14. The number of amides is 1. The van der Waals surface area contributed by atoms with E-state index in [4.69, 9.17) is 9.47 Å². The first kappa shape index (κ1) is 25.4. The van der Waals surface area contributed by atoms with Crippen molar-refractivity contribution in [2.24, 2.45) is 0 Å². The van der Waals surface area contributed by atoms with Crippen molar-refractivity contribution >= 4 is 5.91 Å². The summed E-state index contributed by atoms with van der Waals surface area (Å²) in [5, 5.41) is 0. The summed E-state index contributed by atoms with van der Waals surface area (Å²) in [5.41, 5.74) is 3.13. The van der Waals surface area contributed by atoms with Gasteiger partial charge in [-0.15, -0.1) is 0 Å². The fourth-order valence-corrected chi connectivity index (χ4v) is 4.85. The van der Waals surface area contributed by atoms with Gasteiger partial charge in [-0.2, -0.15) is 0 Å². The molecule has 2 saturated heterocycles. The summed E-state index contributed by atoms with van der Waals surface area (Å²) in [6.45, 7) is 10.6. The van der Waals surface area contributed by atoms with E-state index >= 15 is 0 Å². The van der Waals surface area contributed by atoms with Crippen molar-refractivity contribution in [3.05, 3.63) is 58.9 Å². The number of piperazine rings is 2. The van der Waals surface area contributed by atoms with Crippen LogP contribution in [0.25, 0.3) is 0 Å². The first-order chi connectivity index (χ1) is 17.0. The standard InChI is InChI=1S/C27H37FN4O3/c1-21-16-25(34-2)26(35-3)17-23(21)19-30-12-14-32(15-13-30)27(33)20-31-10-8-29(9-11-31)18-22-6-4-5-7-24(22)28/h4-7,16-17H,8-15,18-20H2,1-3H3. The molecule has 2 aromatic carbocycles. The summed E-state index contributed by atoms with van der Waals surface area (Å²) >= 11 is 0. The summed E-state index contributed by atoms with van der Waals surface area (Å²) in [6.07, 6.45) is 0. The molecule has 0 aliphatic carbocycles. The molecule has 4 rings (SSSR count). The number of benzene rings is 2. The fraction of sp³-hybridized carbons (Fsp3) is 0.519. The molecule has 190 valence electrons. The van der Waals surface area contributed by atoms with E-state index in [0.717, 1.165) is 76.0 Å². The van der Waals surface area contributed by atoms with Gasteiger partial charge in [0.25, 0.3) is 0 Å². The Morgan fingerprint density at radius 3 is 1.97 bits per heavy atom. The molecule has 2 aromatic rings. The topological polar surface area (TPSA) is 48.5 Å². The van der Waals surface area contributed by atoms with Crippen LogP contribution in [0.1, 0.15) is 16.7 Å². The second-order valence-electron chi connectivity index (χ2n) is 9.43. The predicted octanol–water partition coefficient (Wildman–Crippen LogP) is 2.61. The third kappa shape index (κ3) is 6.51. The van der Waals surface area contributed by atoms with Gasteiger partial charge in [-0.25, -0.2) is 4.39 Å². The maximum Gasteiger partial charge on any atom is 0.236 e. The molecule has 0 N–H and O–H groups in total. The lowest BCUT2D eigenvalue weighted by atomic mass is 10.1. The maximum absolute atomic E-state index is 13.9. The van der Waals surface area contributed by atoms with Gasteiger partial charge < -0.3 is 14.4 Å². The van der Waals surface area contributed by atoms with Crippen LogP contribution in [-0.2, 0) is 17.9 Å². The highest BCUT2D eigenvalue weighted by Gasteiger charge is 2.25. The Kier molecular flexibility index (Phi) is 8.59. The van der Waals surface area contributed by atoms with E-state index in [1.165, 1.54) is 17.2 Å². The minimum absolute atomic E-state index is 0.148. The molecule has 8 heteroatoms. The van der Waals surface area contributed by atoms with Gasteiger partial charge in [0, 0.05) is 71.0 Å². The molecule has 0 unspecified atom stereocenters. The van der Waals surface area contributed by atoms with Crippen molar-refractivity contribution in [2.45, 2.75) is 20.0 Å². The van der Waals surface area contributed by atoms with Crippen molar-refractivity contribution < 1.29 is 18.7 Å². The lowest BCUT2D eigenvalue weighted by molar-refractivity contribution is -0.134. The normalized spacial score (nSPS) is 18.0. The van der Waals surface area contributed by atoms with Gasteiger partial charge in [0.1, 0.15) is 5.82 Å². The number of hydrogen-bond donors (Lipinski definition) is 0. The van der Waals surface area contributed by atoms with Crippen LogP contribution in [0.15, 0.2) is 36.4 Å². The van der Waals surface area contributed by atoms with Gasteiger partial charge in [0.05, 0.1) is 20.8 Å². The highest BCUT2D eigenvalue weighted by Crippen LogP contribution is 2.31. The second-order valence-corrected chi connectivity index (χ2v) is 9.43. The molecule has 0 aromatic heterocycles. The van der Waals surface area contributed by atoms with Crippen LogP contribution in [-0.4, -0.2) is 98.6 Å².